The number of hydrogen-bond donors (Lipinski definition) is 1. The second-order valence-corrected chi connectivity index (χ2v) is 7.00. The van der Waals surface area contributed by atoms with Gasteiger partial charge in [-0.15, -0.1) is 11.3 Å². The molecule has 1 aliphatic rings. The molecule has 0 saturated carbocycles. The lowest BCUT2D eigenvalue weighted by atomic mass is 10.2. The van der Waals surface area contributed by atoms with Crippen molar-refractivity contribution in [2.45, 2.75) is 20.3 Å². The van der Waals surface area contributed by atoms with E-state index in [0.29, 0.717) is 0 Å². The van der Waals surface area contributed by atoms with E-state index in [0.717, 1.165) is 43.2 Å². The number of anilines is 1. The van der Waals surface area contributed by atoms with E-state index in [1.54, 1.807) is 23.5 Å². The molecule has 4 nitrogen and oxygen atoms in total. The Bertz CT molecular complexity index is 686. The van der Waals surface area contributed by atoms with Gasteiger partial charge < -0.3 is 14.9 Å². The third-order valence-corrected chi connectivity index (χ3v) is 5.70. The Morgan fingerprint density at radius 2 is 1.83 bits per heavy atom. The summed E-state index contributed by atoms with van der Waals surface area (Å²) in [5.74, 6) is 0.436. The van der Waals surface area contributed by atoms with Gasteiger partial charge in [-0.3, -0.25) is 4.79 Å². The largest absolute Gasteiger partial charge is 0.508 e. The van der Waals surface area contributed by atoms with E-state index in [1.807, 2.05) is 23.1 Å². The Morgan fingerprint density at radius 3 is 2.39 bits per heavy atom. The van der Waals surface area contributed by atoms with Gasteiger partial charge in [0.25, 0.3) is 5.91 Å². The first kappa shape index (κ1) is 15.9. The van der Waals surface area contributed by atoms with E-state index in [9.17, 15) is 9.90 Å². The van der Waals surface area contributed by atoms with Crippen LogP contribution in [-0.4, -0.2) is 42.1 Å². The van der Waals surface area contributed by atoms with Crippen LogP contribution in [0.5, 0.6) is 5.75 Å². The standard InChI is InChI=1S/C18H22N2O2S/c1-3-16-13(2)12-17(23-16)18(22)20-10-8-19(9-11-20)14-4-6-15(21)7-5-14/h4-7,12,21H,3,8-11H2,1-2H3. The smallest absolute Gasteiger partial charge is 0.264 e. The molecule has 1 fully saturated rings. The molecule has 5 heteroatoms. The zero-order chi connectivity index (χ0) is 16.4. The van der Waals surface area contributed by atoms with Crippen molar-refractivity contribution in [1.82, 2.24) is 4.90 Å². The fourth-order valence-corrected chi connectivity index (χ4v) is 4.05. The first-order chi connectivity index (χ1) is 11.1. The van der Waals surface area contributed by atoms with Gasteiger partial charge in [-0.05, 0) is 49.2 Å². The molecule has 2 aromatic rings. The Morgan fingerprint density at radius 1 is 1.17 bits per heavy atom. The summed E-state index contributed by atoms with van der Waals surface area (Å²) in [6, 6.07) is 9.27. The first-order valence-corrected chi connectivity index (χ1v) is 8.82. The van der Waals surface area contributed by atoms with Crippen LogP contribution in [-0.2, 0) is 6.42 Å². The van der Waals surface area contributed by atoms with E-state index in [2.05, 4.69) is 18.7 Å². The summed E-state index contributed by atoms with van der Waals surface area (Å²) >= 11 is 1.63. The van der Waals surface area contributed by atoms with Crippen LogP contribution in [0.15, 0.2) is 30.3 Å². The molecule has 122 valence electrons. The van der Waals surface area contributed by atoms with Crippen LogP contribution in [0.2, 0.25) is 0 Å². The molecule has 1 aromatic carbocycles. The fourth-order valence-electron chi connectivity index (χ4n) is 2.96. The van der Waals surface area contributed by atoms with Crippen LogP contribution in [0, 0.1) is 6.92 Å². The molecule has 0 bridgehead atoms. The van der Waals surface area contributed by atoms with Gasteiger partial charge in [-0.2, -0.15) is 0 Å². The summed E-state index contributed by atoms with van der Waals surface area (Å²) in [7, 11) is 0. The van der Waals surface area contributed by atoms with Crippen LogP contribution in [0.25, 0.3) is 0 Å². The molecule has 2 heterocycles. The number of nitrogens with zero attached hydrogens (tertiary/aromatic N) is 2. The highest BCUT2D eigenvalue weighted by atomic mass is 32.1. The molecule has 0 unspecified atom stereocenters. The molecule has 0 radical (unpaired) electrons. The molecular weight excluding hydrogens is 308 g/mol. The quantitative estimate of drug-likeness (QED) is 0.939. The lowest BCUT2D eigenvalue weighted by Gasteiger charge is -2.36. The number of aryl methyl sites for hydroxylation is 2. The third kappa shape index (κ3) is 3.34. The molecule has 3 rings (SSSR count). The van der Waals surface area contributed by atoms with Crippen molar-refractivity contribution in [1.29, 1.82) is 0 Å². The lowest BCUT2D eigenvalue weighted by molar-refractivity contribution is 0.0751. The van der Waals surface area contributed by atoms with Crippen molar-refractivity contribution in [2.24, 2.45) is 0 Å². The molecule has 1 amide bonds. The van der Waals surface area contributed by atoms with Crippen molar-refractivity contribution in [3.05, 3.63) is 45.6 Å². The molecule has 0 aliphatic carbocycles. The molecule has 0 spiro atoms. The van der Waals surface area contributed by atoms with E-state index in [4.69, 9.17) is 0 Å². The SMILES string of the molecule is CCc1sc(C(=O)N2CCN(c3ccc(O)cc3)CC2)cc1C. The van der Waals surface area contributed by atoms with Gasteiger partial charge in [0, 0.05) is 36.7 Å². The summed E-state index contributed by atoms with van der Waals surface area (Å²) < 4.78 is 0. The number of thiophene rings is 1. The van der Waals surface area contributed by atoms with Crippen LogP contribution < -0.4 is 4.90 Å². The minimum atomic E-state index is 0.156. The van der Waals surface area contributed by atoms with Gasteiger partial charge >= 0.3 is 0 Å². The number of hydrogen-bond acceptors (Lipinski definition) is 4. The summed E-state index contributed by atoms with van der Waals surface area (Å²) in [5, 5.41) is 9.37. The summed E-state index contributed by atoms with van der Waals surface area (Å²) in [5.41, 5.74) is 2.32. The number of benzene rings is 1. The van der Waals surface area contributed by atoms with E-state index in [1.165, 1.54) is 10.4 Å². The number of piperazine rings is 1. The average molecular weight is 330 g/mol. The monoisotopic (exact) mass is 330 g/mol. The highest BCUT2D eigenvalue weighted by molar-refractivity contribution is 7.14. The predicted molar refractivity (Wildman–Crippen MR) is 94.7 cm³/mol. The van der Waals surface area contributed by atoms with Crippen LogP contribution in [0.4, 0.5) is 5.69 Å². The van der Waals surface area contributed by atoms with Crippen molar-refractivity contribution in [2.75, 3.05) is 31.1 Å². The van der Waals surface area contributed by atoms with Crippen molar-refractivity contribution >= 4 is 22.9 Å². The Hall–Kier alpha value is -2.01. The van der Waals surface area contributed by atoms with Gasteiger partial charge in [0.05, 0.1) is 4.88 Å². The van der Waals surface area contributed by atoms with Gasteiger partial charge in [0.1, 0.15) is 5.75 Å². The van der Waals surface area contributed by atoms with Crippen molar-refractivity contribution < 1.29 is 9.90 Å². The normalized spacial score (nSPS) is 15.0. The number of phenolic OH excluding ortho intramolecular Hbond substituents is 1. The topological polar surface area (TPSA) is 43.8 Å². The summed E-state index contributed by atoms with van der Waals surface area (Å²) in [6.07, 6.45) is 0.985. The van der Waals surface area contributed by atoms with E-state index in [-0.39, 0.29) is 11.7 Å². The second-order valence-electron chi connectivity index (χ2n) is 5.87. The predicted octanol–water partition coefficient (Wildman–Crippen LogP) is 3.29. The highest BCUT2D eigenvalue weighted by Gasteiger charge is 2.23. The van der Waals surface area contributed by atoms with E-state index < -0.39 is 0 Å². The fraction of sp³-hybridized carbons (Fsp3) is 0.389. The Balaban J connectivity index is 1.64. The number of carbonyl (C=O) groups excluding carboxylic acids is 1. The maximum Gasteiger partial charge on any atom is 0.264 e. The minimum absolute atomic E-state index is 0.156. The maximum absolute atomic E-state index is 12.7. The maximum atomic E-state index is 12.7. The zero-order valence-corrected chi connectivity index (χ0v) is 14.4. The van der Waals surface area contributed by atoms with Crippen LogP contribution in [0.1, 0.15) is 27.0 Å². The van der Waals surface area contributed by atoms with Gasteiger partial charge in [-0.25, -0.2) is 0 Å². The summed E-state index contributed by atoms with van der Waals surface area (Å²) in [6.45, 7) is 7.32. The first-order valence-electron chi connectivity index (χ1n) is 8.01. The molecule has 1 N–H and O–H groups in total. The molecule has 0 atom stereocenters. The van der Waals surface area contributed by atoms with Gasteiger partial charge in [0.2, 0.25) is 0 Å². The number of phenols is 1. The van der Waals surface area contributed by atoms with E-state index >= 15 is 0 Å². The third-order valence-electron chi connectivity index (χ3n) is 4.33. The minimum Gasteiger partial charge on any atom is -0.508 e. The second kappa shape index (κ2) is 6.62. The van der Waals surface area contributed by atoms with Crippen LogP contribution >= 0.6 is 11.3 Å². The molecule has 23 heavy (non-hydrogen) atoms. The molecule has 1 aromatic heterocycles. The number of amides is 1. The van der Waals surface area contributed by atoms with Crippen molar-refractivity contribution in [3.63, 3.8) is 0 Å². The molecule has 1 aliphatic heterocycles. The number of aromatic hydroxyl groups is 1. The van der Waals surface area contributed by atoms with Crippen molar-refractivity contribution in [3.8, 4) is 5.75 Å². The number of rotatable bonds is 3. The molecule has 1 saturated heterocycles. The average Bonchev–Trinajstić information content (AvgIpc) is 2.96. The Kier molecular flexibility index (Phi) is 4.57. The lowest BCUT2D eigenvalue weighted by Crippen LogP contribution is -2.48. The molecular formula is C18H22N2O2S. The number of carbonyl (C=O) groups is 1. The zero-order valence-electron chi connectivity index (χ0n) is 13.6. The summed E-state index contributed by atoms with van der Waals surface area (Å²) in [4.78, 5) is 19.0. The van der Waals surface area contributed by atoms with Gasteiger partial charge in [-0.1, -0.05) is 6.92 Å². The van der Waals surface area contributed by atoms with Gasteiger partial charge in [0.15, 0.2) is 0 Å². The van der Waals surface area contributed by atoms with Crippen LogP contribution in [0.3, 0.4) is 0 Å². The highest BCUT2D eigenvalue weighted by Crippen LogP contribution is 2.25. The Labute approximate surface area is 141 Å².